The molecule has 18 heavy (non-hydrogen) atoms. The van der Waals surface area contributed by atoms with Crippen LogP contribution in [0.4, 0.5) is 0 Å². The van der Waals surface area contributed by atoms with Crippen LogP contribution >= 0.6 is 11.3 Å². The summed E-state index contributed by atoms with van der Waals surface area (Å²) in [6, 6.07) is 2.22. The molecular formula is C13H15NO3S. The van der Waals surface area contributed by atoms with Gasteiger partial charge in [-0.1, -0.05) is 0 Å². The van der Waals surface area contributed by atoms with Crippen molar-refractivity contribution in [2.24, 2.45) is 11.8 Å². The zero-order valence-corrected chi connectivity index (χ0v) is 10.7. The number of carboxylic acid groups (broad SMARTS) is 1. The number of thiophene rings is 1. The Morgan fingerprint density at radius 1 is 1.39 bits per heavy atom. The first-order valence-corrected chi connectivity index (χ1v) is 7.18. The SMILES string of the molecule is O=C(O)[C@@H]1C[C@@H]1C(=O)N1CCC[C@@H]1c1ccsc1. The minimum Gasteiger partial charge on any atom is -0.481 e. The van der Waals surface area contributed by atoms with E-state index in [0.29, 0.717) is 6.42 Å². The van der Waals surface area contributed by atoms with Crippen molar-refractivity contribution in [1.29, 1.82) is 0 Å². The van der Waals surface area contributed by atoms with Crippen molar-refractivity contribution >= 4 is 23.2 Å². The van der Waals surface area contributed by atoms with Gasteiger partial charge in [0.25, 0.3) is 0 Å². The molecule has 4 nitrogen and oxygen atoms in total. The first-order chi connectivity index (χ1) is 8.68. The van der Waals surface area contributed by atoms with Crippen LogP contribution in [0.1, 0.15) is 30.9 Å². The van der Waals surface area contributed by atoms with Gasteiger partial charge in [-0.15, -0.1) is 0 Å². The quantitative estimate of drug-likeness (QED) is 0.911. The second-order valence-electron chi connectivity index (χ2n) is 5.03. The maximum Gasteiger partial charge on any atom is 0.307 e. The van der Waals surface area contributed by atoms with Gasteiger partial charge >= 0.3 is 5.97 Å². The zero-order chi connectivity index (χ0) is 12.7. The molecule has 1 aliphatic carbocycles. The summed E-state index contributed by atoms with van der Waals surface area (Å²) in [6.07, 6.45) is 2.52. The fraction of sp³-hybridized carbons (Fsp3) is 0.538. The number of carbonyl (C=O) groups excluding carboxylic acids is 1. The lowest BCUT2D eigenvalue weighted by atomic mass is 10.1. The summed E-state index contributed by atoms with van der Waals surface area (Å²) in [5.41, 5.74) is 1.19. The number of amides is 1. The van der Waals surface area contributed by atoms with Crippen LogP contribution in [-0.2, 0) is 9.59 Å². The number of likely N-dealkylation sites (tertiary alicyclic amines) is 1. The number of nitrogens with zero attached hydrogens (tertiary/aromatic N) is 1. The molecule has 5 heteroatoms. The smallest absolute Gasteiger partial charge is 0.307 e. The van der Waals surface area contributed by atoms with Crippen LogP contribution in [0.15, 0.2) is 16.8 Å². The van der Waals surface area contributed by atoms with Gasteiger partial charge in [-0.3, -0.25) is 9.59 Å². The van der Waals surface area contributed by atoms with E-state index in [1.54, 1.807) is 11.3 Å². The summed E-state index contributed by atoms with van der Waals surface area (Å²) in [7, 11) is 0. The van der Waals surface area contributed by atoms with Gasteiger partial charge in [0.15, 0.2) is 0 Å². The Morgan fingerprint density at radius 2 is 2.22 bits per heavy atom. The average Bonchev–Trinajstić information content (AvgIpc) is 2.78. The predicted molar refractivity (Wildman–Crippen MR) is 67.2 cm³/mol. The van der Waals surface area contributed by atoms with Crippen molar-refractivity contribution in [3.05, 3.63) is 22.4 Å². The third kappa shape index (κ3) is 1.92. The van der Waals surface area contributed by atoms with Crippen LogP contribution in [-0.4, -0.2) is 28.4 Å². The molecule has 0 radical (unpaired) electrons. The van der Waals surface area contributed by atoms with E-state index >= 15 is 0 Å². The van der Waals surface area contributed by atoms with E-state index in [9.17, 15) is 9.59 Å². The molecule has 0 aromatic carbocycles. The fourth-order valence-electron chi connectivity index (χ4n) is 2.80. The highest BCUT2D eigenvalue weighted by Gasteiger charge is 2.51. The Balaban J connectivity index is 1.72. The maximum atomic E-state index is 12.3. The molecule has 0 unspecified atom stereocenters. The lowest BCUT2D eigenvalue weighted by Crippen LogP contribution is -2.32. The van der Waals surface area contributed by atoms with Crippen LogP contribution in [0.25, 0.3) is 0 Å². The van der Waals surface area contributed by atoms with Gasteiger partial charge in [0.05, 0.1) is 17.9 Å². The van der Waals surface area contributed by atoms with Crippen molar-refractivity contribution in [2.75, 3.05) is 6.54 Å². The molecule has 1 amide bonds. The molecular weight excluding hydrogens is 250 g/mol. The Labute approximate surface area is 109 Å². The topological polar surface area (TPSA) is 57.6 Å². The molecule has 1 saturated heterocycles. The Hall–Kier alpha value is -1.36. The molecule has 2 fully saturated rings. The highest BCUT2D eigenvalue weighted by Crippen LogP contribution is 2.43. The van der Waals surface area contributed by atoms with Crippen molar-refractivity contribution < 1.29 is 14.7 Å². The summed E-state index contributed by atoms with van der Waals surface area (Å²) in [6.45, 7) is 0.766. The van der Waals surface area contributed by atoms with E-state index in [0.717, 1.165) is 19.4 Å². The monoisotopic (exact) mass is 265 g/mol. The summed E-state index contributed by atoms with van der Waals surface area (Å²) < 4.78 is 0. The summed E-state index contributed by atoms with van der Waals surface area (Å²) in [4.78, 5) is 25.0. The fourth-order valence-corrected chi connectivity index (χ4v) is 3.50. The molecule has 0 bridgehead atoms. The first kappa shape index (κ1) is 11.7. The maximum absolute atomic E-state index is 12.3. The number of carboxylic acids is 1. The number of rotatable bonds is 3. The molecule has 1 saturated carbocycles. The standard InChI is InChI=1S/C13H15NO3S/c15-12(9-6-10(9)13(16)17)14-4-1-2-11(14)8-3-5-18-7-8/h3,5,7,9-11H,1-2,4,6H2,(H,16,17)/t9-,10+,11+/m0/s1. The highest BCUT2D eigenvalue weighted by molar-refractivity contribution is 7.07. The minimum absolute atomic E-state index is 0.0381. The zero-order valence-electron chi connectivity index (χ0n) is 9.91. The second kappa shape index (κ2) is 4.39. The van der Waals surface area contributed by atoms with E-state index in [4.69, 9.17) is 5.11 Å². The Morgan fingerprint density at radius 3 is 2.83 bits per heavy atom. The van der Waals surface area contributed by atoms with Gasteiger partial charge in [-0.2, -0.15) is 11.3 Å². The van der Waals surface area contributed by atoms with Crippen LogP contribution in [0.3, 0.4) is 0 Å². The molecule has 96 valence electrons. The van der Waals surface area contributed by atoms with E-state index in [2.05, 4.69) is 11.4 Å². The van der Waals surface area contributed by atoms with Crippen LogP contribution < -0.4 is 0 Å². The van der Waals surface area contributed by atoms with E-state index in [1.165, 1.54) is 5.56 Å². The summed E-state index contributed by atoms with van der Waals surface area (Å²) in [5, 5.41) is 13.0. The predicted octanol–water partition coefficient (Wildman–Crippen LogP) is 2.13. The average molecular weight is 265 g/mol. The van der Waals surface area contributed by atoms with E-state index in [1.807, 2.05) is 10.3 Å². The van der Waals surface area contributed by atoms with Crippen molar-refractivity contribution in [2.45, 2.75) is 25.3 Å². The minimum atomic E-state index is -0.834. The third-order valence-corrected chi connectivity index (χ3v) is 4.59. The summed E-state index contributed by atoms with van der Waals surface area (Å²) >= 11 is 1.64. The normalized spacial score (nSPS) is 30.4. The Bertz CT molecular complexity index is 471. The van der Waals surface area contributed by atoms with Crippen molar-refractivity contribution in [1.82, 2.24) is 4.90 Å². The molecule has 2 aliphatic rings. The van der Waals surface area contributed by atoms with E-state index in [-0.39, 0.29) is 17.9 Å². The lowest BCUT2D eigenvalue weighted by Gasteiger charge is -2.24. The molecule has 1 aliphatic heterocycles. The largest absolute Gasteiger partial charge is 0.481 e. The number of hydrogen-bond donors (Lipinski definition) is 1. The lowest BCUT2D eigenvalue weighted by molar-refractivity contribution is -0.142. The van der Waals surface area contributed by atoms with E-state index < -0.39 is 11.9 Å². The van der Waals surface area contributed by atoms with Gasteiger partial charge in [0.1, 0.15) is 0 Å². The van der Waals surface area contributed by atoms with Crippen LogP contribution in [0, 0.1) is 11.8 Å². The van der Waals surface area contributed by atoms with Crippen molar-refractivity contribution in [3.63, 3.8) is 0 Å². The second-order valence-corrected chi connectivity index (χ2v) is 5.81. The van der Waals surface area contributed by atoms with Gasteiger partial charge in [-0.25, -0.2) is 0 Å². The molecule has 1 aromatic rings. The molecule has 3 atom stereocenters. The van der Waals surface area contributed by atoms with Gasteiger partial charge in [0, 0.05) is 6.54 Å². The first-order valence-electron chi connectivity index (χ1n) is 6.24. The molecule has 0 spiro atoms. The van der Waals surface area contributed by atoms with Gasteiger partial charge in [-0.05, 0) is 41.7 Å². The molecule has 3 rings (SSSR count). The highest BCUT2D eigenvalue weighted by atomic mass is 32.1. The summed E-state index contributed by atoms with van der Waals surface area (Å²) in [5.74, 6) is -1.52. The molecule has 1 N–H and O–H groups in total. The van der Waals surface area contributed by atoms with Gasteiger partial charge < -0.3 is 10.0 Å². The Kier molecular flexibility index (Phi) is 2.86. The van der Waals surface area contributed by atoms with Crippen LogP contribution in [0.2, 0.25) is 0 Å². The van der Waals surface area contributed by atoms with Crippen molar-refractivity contribution in [3.8, 4) is 0 Å². The van der Waals surface area contributed by atoms with Crippen LogP contribution in [0.5, 0.6) is 0 Å². The number of aliphatic carboxylic acids is 1. The third-order valence-electron chi connectivity index (χ3n) is 3.89. The number of hydrogen-bond acceptors (Lipinski definition) is 3. The molecule has 1 aromatic heterocycles. The van der Waals surface area contributed by atoms with Gasteiger partial charge in [0.2, 0.25) is 5.91 Å². The molecule has 2 heterocycles. The number of carbonyl (C=O) groups is 2.